The summed E-state index contributed by atoms with van der Waals surface area (Å²) in [5.41, 5.74) is 1.19. The number of hydrogen-bond donors (Lipinski definition) is 0. The van der Waals surface area contributed by atoms with Gasteiger partial charge in [0.1, 0.15) is 6.61 Å². The Balaban J connectivity index is 2.14. The number of benzene rings is 2. The molecule has 0 aliphatic heterocycles. The van der Waals surface area contributed by atoms with Crippen molar-refractivity contribution >= 4 is 29.2 Å². The molecule has 0 bridgehead atoms. The maximum atomic E-state index is 11.9. The molecule has 6 heteroatoms. The fourth-order valence-electron chi connectivity index (χ4n) is 2.00. The first-order valence-corrected chi connectivity index (χ1v) is 8.25. The third-order valence-electron chi connectivity index (χ3n) is 3.14. The van der Waals surface area contributed by atoms with E-state index in [-0.39, 0.29) is 13.2 Å². The highest BCUT2D eigenvalue weighted by Crippen LogP contribution is 2.30. The zero-order valence-electron chi connectivity index (χ0n) is 13.6. The van der Waals surface area contributed by atoms with Crippen LogP contribution in [-0.4, -0.2) is 19.2 Å². The van der Waals surface area contributed by atoms with Crippen LogP contribution in [0.25, 0.3) is 0 Å². The van der Waals surface area contributed by atoms with Crippen molar-refractivity contribution in [3.8, 4) is 23.8 Å². The van der Waals surface area contributed by atoms with Crippen LogP contribution in [0.15, 0.2) is 36.4 Å². The first kappa shape index (κ1) is 19.0. The Bertz CT molecular complexity index is 796. The smallest absolute Gasteiger partial charge is 0.339 e. The zero-order valence-corrected chi connectivity index (χ0v) is 15.1. The maximum absolute atomic E-state index is 11.9. The fourth-order valence-corrected chi connectivity index (χ4v) is 2.32. The van der Waals surface area contributed by atoms with Crippen molar-refractivity contribution < 1.29 is 19.0 Å². The quantitative estimate of drug-likeness (QED) is 0.514. The monoisotopic (exact) mass is 378 g/mol. The van der Waals surface area contributed by atoms with Gasteiger partial charge in [-0.15, -0.1) is 6.42 Å². The van der Waals surface area contributed by atoms with E-state index in [0.29, 0.717) is 33.7 Å². The van der Waals surface area contributed by atoms with E-state index in [1.165, 1.54) is 0 Å². The molecule has 0 heterocycles. The van der Waals surface area contributed by atoms with Crippen LogP contribution in [0.3, 0.4) is 0 Å². The van der Waals surface area contributed by atoms with Crippen LogP contribution in [0.5, 0.6) is 11.5 Å². The molecule has 0 spiro atoms. The molecule has 0 aliphatic rings. The standard InChI is InChI=1S/C19H16Cl2O4/c1-3-9-24-19(22)14-6-8-17(18(11-14)23-4-2)25-12-13-5-7-15(20)16(21)10-13/h1,5-8,10-11H,4,9,12H2,2H3. The van der Waals surface area contributed by atoms with Crippen LogP contribution >= 0.6 is 23.2 Å². The van der Waals surface area contributed by atoms with Crippen LogP contribution in [0, 0.1) is 12.3 Å². The first-order valence-electron chi connectivity index (χ1n) is 7.49. The number of ether oxygens (including phenoxy) is 3. The second-order valence-electron chi connectivity index (χ2n) is 4.91. The second kappa shape index (κ2) is 9.22. The Morgan fingerprint density at radius 2 is 1.88 bits per heavy atom. The summed E-state index contributed by atoms with van der Waals surface area (Å²) >= 11 is 11.9. The van der Waals surface area contributed by atoms with Crippen molar-refractivity contribution in [2.45, 2.75) is 13.5 Å². The Morgan fingerprint density at radius 3 is 2.56 bits per heavy atom. The van der Waals surface area contributed by atoms with Gasteiger partial charge < -0.3 is 14.2 Å². The minimum Gasteiger partial charge on any atom is -0.490 e. The summed E-state index contributed by atoms with van der Waals surface area (Å²) in [4.78, 5) is 11.9. The van der Waals surface area contributed by atoms with Gasteiger partial charge in [-0.3, -0.25) is 0 Å². The van der Waals surface area contributed by atoms with Crippen molar-refractivity contribution in [3.63, 3.8) is 0 Å². The van der Waals surface area contributed by atoms with Crippen LogP contribution in [-0.2, 0) is 11.3 Å². The van der Waals surface area contributed by atoms with E-state index in [0.717, 1.165) is 5.56 Å². The van der Waals surface area contributed by atoms with E-state index in [4.69, 9.17) is 43.8 Å². The lowest BCUT2D eigenvalue weighted by molar-refractivity contribution is 0.0556. The van der Waals surface area contributed by atoms with Gasteiger partial charge >= 0.3 is 5.97 Å². The van der Waals surface area contributed by atoms with Crippen LogP contribution in [0.1, 0.15) is 22.8 Å². The van der Waals surface area contributed by atoms with Gasteiger partial charge in [0.2, 0.25) is 0 Å². The molecular weight excluding hydrogens is 363 g/mol. The van der Waals surface area contributed by atoms with Gasteiger partial charge in [-0.25, -0.2) is 4.79 Å². The number of esters is 1. The van der Waals surface area contributed by atoms with Crippen LogP contribution < -0.4 is 9.47 Å². The van der Waals surface area contributed by atoms with Gasteiger partial charge in [0, 0.05) is 0 Å². The number of carbonyl (C=O) groups is 1. The lowest BCUT2D eigenvalue weighted by Crippen LogP contribution is -2.07. The van der Waals surface area contributed by atoms with Gasteiger partial charge in [0.25, 0.3) is 0 Å². The van der Waals surface area contributed by atoms with E-state index in [1.54, 1.807) is 30.3 Å². The highest BCUT2D eigenvalue weighted by atomic mass is 35.5. The number of rotatable bonds is 7. The average Bonchev–Trinajstić information content (AvgIpc) is 2.61. The third kappa shape index (κ3) is 5.32. The molecule has 2 aromatic rings. The van der Waals surface area contributed by atoms with Gasteiger partial charge in [0.05, 0.1) is 22.2 Å². The Labute approximate surface area is 156 Å². The average molecular weight is 379 g/mol. The summed E-state index contributed by atoms with van der Waals surface area (Å²) in [5.74, 6) is 2.67. The molecule has 0 radical (unpaired) electrons. The molecule has 0 aliphatic carbocycles. The molecule has 0 fully saturated rings. The first-order chi connectivity index (χ1) is 12.0. The number of halogens is 2. The van der Waals surface area contributed by atoms with Gasteiger partial charge in [-0.05, 0) is 42.8 Å². The third-order valence-corrected chi connectivity index (χ3v) is 3.88. The van der Waals surface area contributed by atoms with Crippen molar-refractivity contribution in [3.05, 3.63) is 57.6 Å². The molecule has 2 aromatic carbocycles. The molecule has 2 rings (SSSR count). The molecular formula is C19H16Cl2O4. The molecule has 0 atom stereocenters. The Morgan fingerprint density at radius 1 is 1.08 bits per heavy atom. The molecule has 0 unspecified atom stereocenters. The molecule has 0 saturated heterocycles. The molecule has 130 valence electrons. The van der Waals surface area contributed by atoms with Gasteiger partial charge in [-0.1, -0.05) is 35.2 Å². The van der Waals surface area contributed by atoms with E-state index in [9.17, 15) is 4.79 Å². The van der Waals surface area contributed by atoms with Gasteiger partial charge in [0.15, 0.2) is 18.1 Å². The topological polar surface area (TPSA) is 44.8 Å². The number of terminal acetylenes is 1. The van der Waals surface area contributed by atoms with Crippen LogP contribution in [0.2, 0.25) is 10.0 Å². The normalized spacial score (nSPS) is 10.0. The second-order valence-corrected chi connectivity index (χ2v) is 5.73. The van der Waals surface area contributed by atoms with Crippen molar-refractivity contribution in [2.24, 2.45) is 0 Å². The summed E-state index contributed by atoms with van der Waals surface area (Å²) in [6.45, 7) is 2.45. The molecule has 0 aromatic heterocycles. The predicted octanol–water partition coefficient (Wildman–Crippen LogP) is 4.76. The summed E-state index contributed by atoms with van der Waals surface area (Å²) < 4.78 is 16.2. The SMILES string of the molecule is C#CCOC(=O)c1ccc(OCc2ccc(Cl)c(Cl)c2)c(OCC)c1. The molecule has 4 nitrogen and oxygen atoms in total. The molecule has 0 amide bonds. The summed E-state index contributed by atoms with van der Waals surface area (Å²) in [6, 6.07) is 10.1. The largest absolute Gasteiger partial charge is 0.490 e. The highest BCUT2D eigenvalue weighted by Gasteiger charge is 2.13. The van der Waals surface area contributed by atoms with E-state index < -0.39 is 5.97 Å². The van der Waals surface area contributed by atoms with Crippen molar-refractivity contribution in [1.82, 2.24) is 0 Å². The highest BCUT2D eigenvalue weighted by molar-refractivity contribution is 6.42. The lowest BCUT2D eigenvalue weighted by atomic mass is 10.2. The summed E-state index contributed by atoms with van der Waals surface area (Å²) in [5, 5.41) is 0.940. The lowest BCUT2D eigenvalue weighted by Gasteiger charge is -2.13. The summed E-state index contributed by atoms with van der Waals surface area (Å²) in [6.07, 6.45) is 5.08. The minimum atomic E-state index is -0.519. The predicted molar refractivity (Wildman–Crippen MR) is 97.5 cm³/mol. The van der Waals surface area contributed by atoms with E-state index in [2.05, 4.69) is 5.92 Å². The van der Waals surface area contributed by atoms with E-state index in [1.807, 2.05) is 13.0 Å². The number of carbonyl (C=O) groups excluding carboxylic acids is 1. The maximum Gasteiger partial charge on any atom is 0.339 e. The Hall–Kier alpha value is -2.35. The van der Waals surface area contributed by atoms with Crippen LogP contribution in [0.4, 0.5) is 0 Å². The Kier molecular flexibility index (Phi) is 7.00. The fraction of sp³-hybridized carbons (Fsp3) is 0.211. The van der Waals surface area contributed by atoms with Crippen molar-refractivity contribution in [1.29, 1.82) is 0 Å². The number of hydrogen-bond acceptors (Lipinski definition) is 4. The zero-order chi connectivity index (χ0) is 18.2. The molecule has 25 heavy (non-hydrogen) atoms. The van der Waals surface area contributed by atoms with Crippen molar-refractivity contribution in [2.75, 3.05) is 13.2 Å². The minimum absolute atomic E-state index is 0.0849. The molecule has 0 saturated carbocycles. The molecule has 0 N–H and O–H groups in total. The summed E-state index contributed by atoms with van der Waals surface area (Å²) in [7, 11) is 0. The van der Waals surface area contributed by atoms with E-state index >= 15 is 0 Å². The van der Waals surface area contributed by atoms with Gasteiger partial charge in [-0.2, -0.15) is 0 Å².